The lowest BCUT2D eigenvalue weighted by atomic mass is 9.98. The maximum absolute atomic E-state index is 4.62. The Morgan fingerprint density at radius 3 is 1.24 bits per heavy atom. The van der Waals surface area contributed by atoms with Crippen LogP contribution >= 0.6 is 0 Å². The molecule has 10 aromatic heterocycles. The van der Waals surface area contributed by atoms with Gasteiger partial charge in [-0.1, -0.05) is 42.0 Å². The normalized spacial score (nSPS) is 12.4. The molecular formula is C87H88N10. The van der Waals surface area contributed by atoms with Gasteiger partial charge in [0.25, 0.3) is 0 Å². The summed E-state index contributed by atoms with van der Waals surface area (Å²) in [7, 11) is 0. The zero-order chi connectivity index (χ0) is 68.6. The highest BCUT2D eigenvalue weighted by atomic mass is 14.8. The third-order valence-electron chi connectivity index (χ3n) is 21.9. The van der Waals surface area contributed by atoms with Crippen molar-refractivity contribution < 1.29 is 0 Å². The van der Waals surface area contributed by atoms with E-state index in [1.54, 1.807) is 0 Å². The molecule has 0 radical (unpaired) electrons. The number of rotatable bonds is 0. The quantitative estimate of drug-likeness (QED) is 0.145. The molecule has 0 N–H and O–H groups in total. The lowest BCUT2D eigenvalue weighted by Gasteiger charge is -2.10. The molecule has 0 saturated carbocycles. The van der Waals surface area contributed by atoms with Crippen LogP contribution in [0.25, 0.3) is 66.8 Å². The second kappa shape index (κ2) is 26.2. The molecule has 0 aliphatic heterocycles. The molecule has 10 heteroatoms. The highest BCUT2D eigenvalue weighted by Gasteiger charge is 2.29. The van der Waals surface area contributed by atoms with E-state index < -0.39 is 0 Å². The molecule has 0 saturated heterocycles. The van der Waals surface area contributed by atoms with Gasteiger partial charge in [-0.2, -0.15) is 0 Å². The Bertz CT molecular complexity index is 5170. The number of nitrogens with zero attached hydrogens (tertiary/aromatic N) is 10. The number of pyridine rings is 10. The Hall–Kier alpha value is -10.1. The molecule has 0 atom stereocenters. The molecule has 0 spiro atoms. The van der Waals surface area contributed by atoms with Crippen molar-refractivity contribution in [2.75, 3.05) is 0 Å². The van der Waals surface area contributed by atoms with Crippen molar-refractivity contribution in [2.24, 2.45) is 0 Å². The van der Waals surface area contributed by atoms with Gasteiger partial charge in [0, 0.05) is 177 Å². The van der Waals surface area contributed by atoms with E-state index >= 15 is 0 Å². The Morgan fingerprint density at radius 1 is 0.227 bits per heavy atom. The molecule has 0 fully saturated rings. The van der Waals surface area contributed by atoms with Gasteiger partial charge in [-0.05, 0) is 285 Å². The summed E-state index contributed by atoms with van der Waals surface area (Å²) >= 11 is 0. The van der Waals surface area contributed by atoms with Crippen molar-refractivity contribution in [1.82, 2.24) is 49.8 Å². The SMILES string of the molecule is Cc1cc(C)c2c(c1)-c1cnc(C)c(C)c1C2.Cc1ccc2c(c1C)Cc1c-2cnc(C)c1C.Cc1ccnc2c1-c1cnc(C)c(C)c1C2.Cc1cnc2c(c1)-c1cnc(C)c(C)c1C2.Cc1nc(C)c2c(c1C)Cc1ncccc1-2.Cc1ncc2c(c1C)Cc1ncccc1-2. The van der Waals surface area contributed by atoms with Crippen LogP contribution in [0.3, 0.4) is 0 Å². The molecule has 2 aromatic carbocycles. The van der Waals surface area contributed by atoms with E-state index in [-0.39, 0.29) is 0 Å². The Labute approximate surface area is 573 Å². The van der Waals surface area contributed by atoms with Crippen LogP contribution < -0.4 is 0 Å². The number of hydrogen-bond donors (Lipinski definition) is 0. The largest absolute Gasteiger partial charge is 0.261 e. The van der Waals surface area contributed by atoms with Crippen LogP contribution in [0.15, 0.2) is 116 Å². The number of aryl methyl sites for hydroxylation is 12. The summed E-state index contributed by atoms with van der Waals surface area (Å²) < 4.78 is 0. The zero-order valence-electron chi connectivity index (χ0n) is 60.2. The lowest BCUT2D eigenvalue weighted by Crippen LogP contribution is -1.97. The Balaban J connectivity index is 0.000000105. The van der Waals surface area contributed by atoms with Crippen LogP contribution in [-0.4, -0.2) is 49.8 Å². The predicted octanol–water partition coefficient (Wildman–Crippen LogP) is 19.4. The molecule has 97 heavy (non-hydrogen) atoms. The van der Waals surface area contributed by atoms with Crippen LogP contribution in [0.4, 0.5) is 0 Å². The van der Waals surface area contributed by atoms with Gasteiger partial charge in [0.15, 0.2) is 0 Å². The van der Waals surface area contributed by atoms with Crippen LogP contribution in [0.2, 0.25) is 0 Å². The molecule has 486 valence electrons. The minimum Gasteiger partial charge on any atom is -0.261 e. The zero-order valence-corrected chi connectivity index (χ0v) is 60.2. The van der Waals surface area contributed by atoms with Crippen LogP contribution in [0.5, 0.6) is 0 Å². The van der Waals surface area contributed by atoms with Crippen molar-refractivity contribution in [3.05, 3.63) is 290 Å². The summed E-state index contributed by atoms with van der Waals surface area (Å²) in [6, 6.07) is 21.6. The van der Waals surface area contributed by atoms with E-state index in [2.05, 4.69) is 230 Å². The Kier molecular flexibility index (Phi) is 17.7. The smallest absolute Gasteiger partial charge is 0.0529 e. The molecule has 6 aliphatic carbocycles. The van der Waals surface area contributed by atoms with Crippen LogP contribution in [-0.2, 0) is 38.5 Å². The summed E-state index contributed by atoms with van der Waals surface area (Å²) in [6.45, 7) is 40.6. The minimum absolute atomic E-state index is 0.958. The van der Waals surface area contributed by atoms with Gasteiger partial charge in [0.1, 0.15) is 0 Å². The first-order valence-corrected chi connectivity index (χ1v) is 34.2. The maximum atomic E-state index is 4.62. The van der Waals surface area contributed by atoms with Gasteiger partial charge in [-0.3, -0.25) is 49.8 Å². The van der Waals surface area contributed by atoms with Crippen molar-refractivity contribution >= 4 is 0 Å². The maximum Gasteiger partial charge on any atom is 0.0529 e. The average molecular weight is 1270 g/mol. The molecule has 12 aromatic rings. The number of fused-ring (bicyclic) bond motifs is 18. The first-order valence-electron chi connectivity index (χ1n) is 34.2. The monoisotopic (exact) mass is 1270 g/mol. The van der Waals surface area contributed by atoms with Crippen molar-refractivity contribution in [2.45, 2.75) is 170 Å². The summed E-state index contributed by atoms with van der Waals surface area (Å²) in [5, 5.41) is 0. The fourth-order valence-electron chi connectivity index (χ4n) is 15.2. The Morgan fingerprint density at radius 2 is 0.649 bits per heavy atom. The predicted molar refractivity (Wildman–Crippen MR) is 396 cm³/mol. The number of benzene rings is 2. The molecule has 0 unspecified atom stereocenters. The minimum atomic E-state index is 0.958. The van der Waals surface area contributed by atoms with E-state index in [1.165, 1.54) is 201 Å². The first kappa shape index (κ1) is 65.6. The fourth-order valence-corrected chi connectivity index (χ4v) is 15.2. The molecule has 18 rings (SSSR count). The number of aromatic nitrogens is 10. The number of hydrogen-bond acceptors (Lipinski definition) is 10. The van der Waals surface area contributed by atoms with Crippen molar-refractivity contribution in [1.29, 1.82) is 0 Å². The van der Waals surface area contributed by atoms with E-state index in [1.807, 2.05) is 67.9 Å². The second-order valence-electron chi connectivity index (χ2n) is 27.7. The molecule has 0 amide bonds. The first-order chi connectivity index (χ1) is 46.5. The average Bonchev–Trinajstić information content (AvgIpc) is 1.67. The molecular weight excluding hydrogens is 1190 g/mol. The molecule has 10 nitrogen and oxygen atoms in total. The van der Waals surface area contributed by atoms with Gasteiger partial charge in [-0.15, -0.1) is 0 Å². The topological polar surface area (TPSA) is 129 Å². The summed E-state index contributed by atoms with van der Waals surface area (Å²) in [6.07, 6.45) is 23.6. The summed E-state index contributed by atoms with van der Waals surface area (Å²) in [5.41, 5.74) is 56.0. The van der Waals surface area contributed by atoms with Gasteiger partial charge >= 0.3 is 0 Å². The fraction of sp³-hybridized carbons (Fsp3) is 0.287. The van der Waals surface area contributed by atoms with Crippen molar-refractivity contribution in [3.8, 4) is 66.8 Å². The third kappa shape index (κ3) is 12.0. The summed E-state index contributed by atoms with van der Waals surface area (Å²) in [5.74, 6) is 0. The highest BCUT2D eigenvalue weighted by molar-refractivity contribution is 5.83. The van der Waals surface area contributed by atoms with E-state index in [0.29, 0.717) is 0 Å². The summed E-state index contributed by atoms with van der Waals surface area (Å²) in [4.78, 5) is 44.8. The van der Waals surface area contributed by atoms with E-state index in [4.69, 9.17) is 0 Å². The third-order valence-corrected chi connectivity index (χ3v) is 21.9. The van der Waals surface area contributed by atoms with E-state index in [9.17, 15) is 0 Å². The van der Waals surface area contributed by atoms with Gasteiger partial charge in [-0.25, -0.2) is 0 Å². The molecule has 10 heterocycles. The van der Waals surface area contributed by atoms with Gasteiger partial charge in [0.2, 0.25) is 0 Å². The molecule has 0 bridgehead atoms. The van der Waals surface area contributed by atoms with Crippen LogP contribution in [0.1, 0.15) is 174 Å². The second-order valence-corrected chi connectivity index (χ2v) is 27.7. The van der Waals surface area contributed by atoms with E-state index in [0.717, 1.165) is 78.4 Å². The van der Waals surface area contributed by atoms with Gasteiger partial charge in [0.05, 0.1) is 22.8 Å². The standard InChI is InChI=1S/2C16H17N.3C14H14N2.C13H12N2/c1-9-5-10(2)13-7-14-11(3)12(4)17-8-16(14)15(13)6-9;1-9-5-6-13-14(10(9)2)7-15-11(3)12(4)17-8-16(13)15;1-8-4-12-13-7-15-10(3)9(2)11(13)5-14(12)16-6-8;1-8-4-5-15-13-6-11-9(2)10(3)16-7-12(11)14(8)13;1-8-9(2)16-10(3)14-11-5-4-6-15-13(11)7-12(8)14;1-8-9(2)15-7-12-10-4-3-5-14-13(10)6-11(8)12/h2*5-6,8H,7H2,1-4H3;4,6-7H,5H2,1-3H3;4-5,7H,6H2,1-3H3;4-6H,7H2,1-3H3;3-5,7H,6H2,1-2H3. The highest BCUT2D eigenvalue weighted by Crippen LogP contribution is 2.45. The van der Waals surface area contributed by atoms with Gasteiger partial charge < -0.3 is 0 Å². The molecule has 6 aliphatic rings. The lowest BCUT2D eigenvalue weighted by molar-refractivity contribution is 1.05. The van der Waals surface area contributed by atoms with Crippen molar-refractivity contribution in [3.63, 3.8) is 0 Å². The van der Waals surface area contributed by atoms with Crippen LogP contribution in [0, 0.1) is 132 Å².